The number of benzene rings is 1. The molecule has 2 heterocycles. The quantitative estimate of drug-likeness (QED) is 0.611. The standard InChI is InChI=1S/C22H33N3O5S2/c1-2-15-31(27,28)25-10-4-7-20(17-25)22(26)23-11-13-24(14-12-23)32(29,30)21-9-8-18-5-3-6-19(18)16-21/h8-9,16,20H,2-7,10-15,17H2,1H3. The van der Waals surface area contributed by atoms with Gasteiger partial charge in [0.2, 0.25) is 26.0 Å². The van der Waals surface area contributed by atoms with Crippen LogP contribution in [0.4, 0.5) is 0 Å². The highest BCUT2D eigenvalue weighted by Gasteiger charge is 2.36. The van der Waals surface area contributed by atoms with Gasteiger partial charge < -0.3 is 4.90 Å². The molecule has 1 aromatic carbocycles. The van der Waals surface area contributed by atoms with Gasteiger partial charge in [-0.05, 0) is 61.8 Å². The summed E-state index contributed by atoms with van der Waals surface area (Å²) in [6, 6.07) is 5.43. The van der Waals surface area contributed by atoms with Crippen LogP contribution in [-0.4, -0.2) is 81.3 Å². The van der Waals surface area contributed by atoms with E-state index < -0.39 is 20.0 Å². The zero-order chi connectivity index (χ0) is 22.9. The zero-order valence-corrected chi connectivity index (χ0v) is 20.3. The molecule has 32 heavy (non-hydrogen) atoms. The van der Waals surface area contributed by atoms with Crippen molar-refractivity contribution in [3.63, 3.8) is 0 Å². The lowest BCUT2D eigenvalue weighted by atomic mass is 9.98. The molecule has 0 aromatic heterocycles. The van der Waals surface area contributed by atoms with Gasteiger partial charge in [-0.1, -0.05) is 13.0 Å². The Labute approximate surface area is 191 Å². The van der Waals surface area contributed by atoms with E-state index in [1.54, 1.807) is 11.0 Å². The topological polar surface area (TPSA) is 95.1 Å². The molecule has 0 radical (unpaired) electrons. The van der Waals surface area contributed by atoms with Crippen LogP contribution in [0, 0.1) is 5.92 Å². The Kier molecular flexibility index (Phi) is 6.95. The number of rotatable bonds is 6. The summed E-state index contributed by atoms with van der Waals surface area (Å²) in [5.41, 5.74) is 2.36. The van der Waals surface area contributed by atoms with Crippen molar-refractivity contribution in [3.05, 3.63) is 29.3 Å². The summed E-state index contributed by atoms with van der Waals surface area (Å²) in [4.78, 5) is 15.1. The minimum atomic E-state index is -3.58. The van der Waals surface area contributed by atoms with Crippen LogP contribution in [0.3, 0.4) is 0 Å². The van der Waals surface area contributed by atoms with Crippen molar-refractivity contribution in [2.24, 2.45) is 5.92 Å². The van der Waals surface area contributed by atoms with Gasteiger partial charge in [-0.25, -0.2) is 21.1 Å². The van der Waals surface area contributed by atoms with Gasteiger partial charge in [-0.3, -0.25) is 4.79 Å². The average molecular weight is 484 g/mol. The number of amides is 1. The molecule has 10 heteroatoms. The summed E-state index contributed by atoms with van der Waals surface area (Å²) in [5.74, 6) is -0.307. The van der Waals surface area contributed by atoms with Gasteiger partial charge in [-0.2, -0.15) is 4.31 Å². The highest BCUT2D eigenvalue weighted by Crippen LogP contribution is 2.27. The Bertz CT molecular complexity index is 1060. The number of nitrogens with zero attached hydrogens (tertiary/aromatic N) is 3. The van der Waals surface area contributed by atoms with Crippen molar-refractivity contribution >= 4 is 26.0 Å². The van der Waals surface area contributed by atoms with Crippen molar-refractivity contribution in [2.75, 3.05) is 45.0 Å². The van der Waals surface area contributed by atoms with E-state index in [4.69, 9.17) is 0 Å². The van der Waals surface area contributed by atoms with Gasteiger partial charge >= 0.3 is 0 Å². The van der Waals surface area contributed by atoms with E-state index in [1.165, 1.54) is 14.2 Å². The van der Waals surface area contributed by atoms with E-state index >= 15 is 0 Å². The van der Waals surface area contributed by atoms with E-state index in [2.05, 4.69) is 0 Å². The van der Waals surface area contributed by atoms with Crippen LogP contribution in [0.2, 0.25) is 0 Å². The third kappa shape index (κ3) is 4.73. The number of piperidine rings is 1. The van der Waals surface area contributed by atoms with Crippen LogP contribution in [0.15, 0.2) is 23.1 Å². The van der Waals surface area contributed by atoms with Gasteiger partial charge in [-0.15, -0.1) is 0 Å². The van der Waals surface area contributed by atoms with Crippen LogP contribution in [0.25, 0.3) is 0 Å². The number of carbonyl (C=O) groups excluding carboxylic acids is 1. The molecule has 2 fully saturated rings. The molecule has 8 nitrogen and oxygen atoms in total. The van der Waals surface area contributed by atoms with Crippen LogP contribution < -0.4 is 0 Å². The molecule has 3 aliphatic rings. The monoisotopic (exact) mass is 483 g/mol. The molecule has 1 unspecified atom stereocenters. The molecule has 1 atom stereocenters. The first-order valence-electron chi connectivity index (χ1n) is 11.6. The maximum absolute atomic E-state index is 13.1. The molecule has 1 aromatic rings. The van der Waals surface area contributed by atoms with Crippen LogP contribution in [0.5, 0.6) is 0 Å². The summed E-state index contributed by atoms with van der Waals surface area (Å²) in [6.07, 6.45) is 4.90. The van der Waals surface area contributed by atoms with Gasteiger partial charge in [0.25, 0.3) is 0 Å². The average Bonchev–Trinajstić information content (AvgIpc) is 3.27. The van der Waals surface area contributed by atoms with Crippen molar-refractivity contribution < 1.29 is 21.6 Å². The SMILES string of the molecule is CCCS(=O)(=O)N1CCCC(C(=O)N2CCN(S(=O)(=O)c3ccc4c(c3)CCC4)CC2)C1. The lowest BCUT2D eigenvalue weighted by molar-refractivity contribution is -0.137. The number of hydrogen-bond acceptors (Lipinski definition) is 5. The van der Waals surface area contributed by atoms with Gasteiger partial charge in [0.1, 0.15) is 0 Å². The number of piperazine rings is 1. The molecule has 1 amide bonds. The first kappa shape index (κ1) is 23.7. The summed E-state index contributed by atoms with van der Waals surface area (Å²) in [5, 5.41) is 0. The fraction of sp³-hybridized carbons (Fsp3) is 0.682. The Morgan fingerprint density at radius 2 is 1.66 bits per heavy atom. The molecular formula is C22H33N3O5S2. The predicted octanol–water partition coefficient (Wildman–Crippen LogP) is 1.46. The maximum atomic E-state index is 13.1. The van der Waals surface area contributed by atoms with Crippen LogP contribution in [-0.2, 0) is 37.7 Å². The molecular weight excluding hydrogens is 450 g/mol. The molecule has 0 N–H and O–H groups in total. The lowest BCUT2D eigenvalue weighted by Gasteiger charge is -2.38. The maximum Gasteiger partial charge on any atom is 0.243 e. The highest BCUT2D eigenvalue weighted by atomic mass is 32.2. The fourth-order valence-corrected chi connectivity index (χ4v) is 8.11. The van der Waals surface area contributed by atoms with E-state index in [1.807, 2.05) is 19.1 Å². The summed E-state index contributed by atoms with van der Waals surface area (Å²) >= 11 is 0. The minimum Gasteiger partial charge on any atom is -0.340 e. The Hall–Kier alpha value is -1.49. The molecule has 2 saturated heterocycles. The Morgan fingerprint density at radius 1 is 0.938 bits per heavy atom. The number of sulfonamides is 2. The fourth-order valence-electron chi connectivity index (χ4n) is 5.05. The lowest BCUT2D eigenvalue weighted by Crippen LogP contribution is -2.54. The smallest absolute Gasteiger partial charge is 0.243 e. The first-order chi connectivity index (χ1) is 15.2. The van der Waals surface area contributed by atoms with Gasteiger partial charge in [0.05, 0.1) is 16.6 Å². The van der Waals surface area contributed by atoms with Gasteiger partial charge in [0, 0.05) is 39.3 Å². The molecule has 2 aliphatic heterocycles. The number of hydrogen-bond donors (Lipinski definition) is 0. The Balaban J connectivity index is 1.37. The van der Waals surface area contributed by atoms with E-state index in [0.717, 1.165) is 24.8 Å². The molecule has 0 bridgehead atoms. The van der Waals surface area contributed by atoms with Crippen LogP contribution >= 0.6 is 0 Å². The summed E-state index contributed by atoms with van der Waals surface area (Å²) in [6.45, 7) is 3.72. The summed E-state index contributed by atoms with van der Waals surface area (Å²) < 4.78 is 54.0. The number of aryl methyl sites for hydroxylation is 2. The number of fused-ring (bicyclic) bond motifs is 1. The van der Waals surface area contributed by atoms with Gasteiger partial charge in [0.15, 0.2) is 0 Å². The third-order valence-electron chi connectivity index (χ3n) is 6.85. The molecule has 0 saturated carbocycles. The van der Waals surface area contributed by atoms with E-state index in [9.17, 15) is 21.6 Å². The molecule has 4 rings (SSSR count). The first-order valence-corrected chi connectivity index (χ1v) is 14.7. The predicted molar refractivity (Wildman–Crippen MR) is 122 cm³/mol. The normalized spacial score (nSPS) is 23.3. The zero-order valence-electron chi connectivity index (χ0n) is 18.7. The summed E-state index contributed by atoms with van der Waals surface area (Å²) in [7, 11) is -6.90. The van der Waals surface area contributed by atoms with Crippen molar-refractivity contribution in [2.45, 2.75) is 50.3 Å². The Morgan fingerprint density at radius 3 is 2.38 bits per heavy atom. The molecule has 0 spiro atoms. The number of carbonyl (C=O) groups is 1. The molecule has 178 valence electrons. The second-order valence-corrected chi connectivity index (χ2v) is 13.1. The second kappa shape index (κ2) is 9.40. The van der Waals surface area contributed by atoms with Crippen LogP contribution in [0.1, 0.15) is 43.7 Å². The van der Waals surface area contributed by atoms with Crippen molar-refractivity contribution in [1.29, 1.82) is 0 Å². The third-order valence-corrected chi connectivity index (χ3v) is 10.8. The largest absolute Gasteiger partial charge is 0.340 e. The minimum absolute atomic E-state index is 0.0593. The van der Waals surface area contributed by atoms with E-state index in [0.29, 0.717) is 43.8 Å². The second-order valence-electron chi connectivity index (χ2n) is 9.03. The van der Waals surface area contributed by atoms with Crippen molar-refractivity contribution in [3.8, 4) is 0 Å². The van der Waals surface area contributed by atoms with Crippen molar-refractivity contribution in [1.82, 2.24) is 13.5 Å². The van der Waals surface area contributed by atoms with E-state index in [-0.39, 0.29) is 37.2 Å². The highest BCUT2D eigenvalue weighted by molar-refractivity contribution is 7.89. The molecule has 1 aliphatic carbocycles.